The van der Waals surface area contributed by atoms with Crippen LogP contribution in [0.2, 0.25) is 5.02 Å². The summed E-state index contributed by atoms with van der Waals surface area (Å²) < 4.78 is 0. The molecule has 4 heteroatoms. The molecule has 1 rings (SSSR count). The van der Waals surface area contributed by atoms with Gasteiger partial charge in [-0.1, -0.05) is 11.6 Å². The molecule has 0 amide bonds. The fourth-order valence-electron chi connectivity index (χ4n) is 0.802. The smallest absolute Gasteiger partial charge is 0.0635 e. The minimum atomic E-state index is 0.555. The molecule has 0 fully saturated rings. The van der Waals surface area contributed by atoms with Gasteiger partial charge in [0.15, 0.2) is 0 Å². The SMILES string of the molecule is N#CCCNCc1cc(Cl)cs1. The third kappa shape index (κ3) is 3.22. The van der Waals surface area contributed by atoms with Crippen LogP contribution in [0.25, 0.3) is 0 Å². The first-order chi connectivity index (χ1) is 5.83. The van der Waals surface area contributed by atoms with Gasteiger partial charge in [-0.3, -0.25) is 0 Å². The van der Waals surface area contributed by atoms with E-state index in [4.69, 9.17) is 16.9 Å². The monoisotopic (exact) mass is 200 g/mol. The third-order valence-electron chi connectivity index (χ3n) is 1.33. The molecule has 0 aromatic carbocycles. The van der Waals surface area contributed by atoms with Crippen molar-refractivity contribution in [2.24, 2.45) is 0 Å². The highest BCUT2D eigenvalue weighted by Crippen LogP contribution is 2.18. The average molecular weight is 201 g/mol. The molecule has 2 nitrogen and oxygen atoms in total. The van der Waals surface area contributed by atoms with E-state index in [1.54, 1.807) is 11.3 Å². The summed E-state index contributed by atoms with van der Waals surface area (Å²) in [4.78, 5) is 1.21. The molecule has 0 spiro atoms. The highest BCUT2D eigenvalue weighted by molar-refractivity contribution is 7.10. The fraction of sp³-hybridized carbons (Fsp3) is 0.375. The first kappa shape index (κ1) is 9.53. The van der Waals surface area contributed by atoms with E-state index < -0.39 is 0 Å². The molecule has 0 aliphatic rings. The number of nitriles is 1. The second-order valence-corrected chi connectivity index (χ2v) is 3.75. The zero-order valence-electron chi connectivity index (χ0n) is 6.51. The number of halogens is 1. The van der Waals surface area contributed by atoms with Gasteiger partial charge in [-0.15, -0.1) is 11.3 Å². The number of rotatable bonds is 4. The third-order valence-corrected chi connectivity index (χ3v) is 2.62. The number of nitrogens with zero attached hydrogens (tertiary/aromatic N) is 1. The van der Waals surface area contributed by atoms with Crippen LogP contribution in [0, 0.1) is 11.3 Å². The first-order valence-corrected chi connectivity index (χ1v) is 4.89. The van der Waals surface area contributed by atoms with Gasteiger partial charge in [-0.25, -0.2) is 0 Å². The normalized spacial score (nSPS) is 9.67. The second kappa shape index (κ2) is 5.15. The Bertz CT molecular complexity index is 277. The van der Waals surface area contributed by atoms with Crippen molar-refractivity contribution in [2.75, 3.05) is 6.54 Å². The Kier molecular flexibility index (Phi) is 4.09. The molecular weight excluding hydrogens is 192 g/mol. The van der Waals surface area contributed by atoms with Gasteiger partial charge in [-0.05, 0) is 6.07 Å². The zero-order chi connectivity index (χ0) is 8.81. The van der Waals surface area contributed by atoms with Gasteiger partial charge in [-0.2, -0.15) is 5.26 Å². The molecule has 0 aliphatic carbocycles. The van der Waals surface area contributed by atoms with Crippen molar-refractivity contribution in [1.29, 1.82) is 5.26 Å². The number of thiophene rings is 1. The van der Waals surface area contributed by atoms with Crippen LogP contribution < -0.4 is 5.32 Å². The summed E-state index contributed by atoms with van der Waals surface area (Å²) in [5.74, 6) is 0. The molecule has 0 bridgehead atoms. The van der Waals surface area contributed by atoms with Crippen molar-refractivity contribution in [2.45, 2.75) is 13.0 Å². The number of nitrogens with one attached hydrogen (secondary N) is 1. The van der Waals surface area contributed by atoms with E-state index >= 15 is 0 Å². The Morgan fingerprint density at radius 2 is 2.50 bits per heavy atom. The molecule has 1 aromatic rings. The van der Waals surface area contributed by atoms with E-state index in [0.29, 0.717) is 6.42 Å². The quantitative estimate of drug-likeness (QED) is 0.758. The van der Waals surface area contributed by atoms with E-state index in [-0.39, 0.29) is 0 Å². The van der Waals surface area contributed by atoms with Crippen molar-refractivity contribution in [3.63, 3.8) is 0 Å². The molecule has 12 heavy (non-hydrogen) atoms. The Hall–Kier alpha value is -0.560. The average Bonchev–Trinajstić information content (AvgIpc) is 2.45. The summed E-state index contributed by atoms with van der Waals surface area (Å²) in [6, 6.07) is 4.01. The Labute approximate surface area is 80.8 Å². The van der Waals surface area contributed by atoms with E-state index in [1.807, 2.05) is 11.4 Å². The lowest BCUT2D eigenvalue weighted by atomic mass is 10.4. The largest absolute Gasteiger partial charge is 0.311 e. The van der Waals surface area contributed by atoms with Crippen LogP contribution in [-0.2, 0) is 6.54 Å². The Morgan fingerprint density at radius 1 is 1.67 bits per heavy atom. The van der Waals surface area contributed by atoms with Crippen molar-refractivity contribution in [1.82, 2.24) is 5.32 Å². The lowest BCUT2D eigenvalue weighted by Gasteiger charge is -1.97. The molecule has 64 valence electrons. The molecule has 1 heterocycles. The second-order valence-electron chi connectivity index (χ2n) is 2.32. The molecule has 1 N–H and O–H groups in total. The van der Waals surface area contributed by atoms with Crippen LogP contribution >= 0.6 is 22.9 Å². The van der Waals surface area contributed by atoms with Gasteiger partial charge in [0.25, 0.3) is 0 Å². The van der Waals surface area contributed by atoms with Crippen LogP contribution in [0.3, 0.4) is 0 Å². The van der Waals surface area contributed by atoms with Crippen molar-refractivity contribution in [3.05, 3.63) is 21.3 Å². The van der Waals surface area contributed by atoms with Gasteiger partial charge in [0.1, 0.15) is 0 Å². The Balaban J connectivity index is 2.21. The molecule has 0 saturated heterocycles. The number of hydrogen-bond donors (Lipinski definition) is 1. The Morgan fingerprint density at radius 3 is 3.08 bits per heavy atom. The minimum absolute atomic E-state index is 0.555. The summed E-state index contributed by atoms with van der Waals surface area (Å²) in [6.45, 7) is 1.55. The summed E-state index contributed by atoms with van der Waals surface area (Å²) in [7, 11) is 0. The first-order valence-electron chi connectivity index (χ1n) is 3.63. The summed E-state index contributed by atoms with van der Waals surface area (Å²) in [6.07, 6.45) is 0.555. The standard InChI is InChI=1S/C8H9ClN2S/c9-7-4-8(12-6-7)5-11-3-1-2-10/h4,6,11H,1,3,5H2. The van der Waals surface area contributed by atoms with Crippen LogP contribution in [0.1, 0.15) is 11.3 Å². The molecule has 0 unspecified atom stereocenters. The van der Waals surface area contributed by atoms with E-state index in [1.165, 1.54) is 4.88 Å². The zero-order valence-corrected chi connectivity index (χ0v) is 8.08. The van der Waals surface area contributed by atoms with Gasteiger partial charge in [0.05, 0.1) is 11.1 Å². The molecule has 0 atom stereocenters. The molecule has 0 aliphatic heterocycles. The van der Waals surface area contributed by atoms with Crippen molar-refractivity contribution < 1.29 is 0 Å². The van der Waals surface area contributed by atoms with E-state index in [2.05, 4.69) is 11.4 Å². The predicted molar refractivity (Wildman–Crippen MR) is 51.3 cm³/mol. The van der Waals surface area contributed by atoms with E-state index in [0.717, 1.165) is 18.1 Å². The maximum atomic E-state index is 8.26. The van der Waals surface area contributed by atoms with Crippen molar-refractivity contribution >= 4 is 22.9 Å². The molecule has 0 saturated carbocycles. The van der Waals surface area contributed by atoms with Crippen LogP contribution in [0.15, 0.2) is 11.4 Å². The maximum absolute atomic E-state index is 8.26. The van der Waals surface area contributed by atoms with Crippen LogP contribution in [-0.4, -0.2) is 6.54 Å². The lowest BCUT2D eigenvalue weighted by molar-refractivity contribution is 0.706. The molecule has 1 aromatic heterocycles. The molecule has 0 radical (unpaired) electrons. The van der Waals surface area contributed by atoms with Gasteiger partial charge >= 0.3 is 0 Å². The van der Waals surface area contributed by atoms with Gasteiger partial charge in [0.2, 0.25) is 0 Å². The highest BCUT2D eigenvalue weighted by atomic mass is 35.5. The number of hydrogen-bond acceptors (Lipinski definition) is 3. The van der Waals surface area contributed by atoms with Gasteiger partial charge in [0, 0.05) is 29.8 Å². The lowest BCUT2D eigenvalue weighted by Crippen LogP contribution is -2.12. The summed E-state index contributed by atoms with van der Waals surface area (Å²) in [5.41, 5.74) is 0. The summed E-state index contributed by atoms with van der Waals surface area (Å²) in [5, 5.41) is 14.1. The summed E-state index contributed by atoms with van der Waals surface area (Å²) >= 11 is 7.36. The minimum Gasteiger partial charge on any atom is -0.311 e. The topological polar surface area (TPSA) is 35.8 Å². The fourth-order valence-corrected chi connectivity index (χ4v) is 1.84. The van der Waals surface area contributed by atoms with Crippen molar-refractivity contribution in [3.8, 4) is 6.07 Å². The maximum Gasteiger partial charge on any atom is 0.0635 e. The van der Waals surface area contributed by atoms with Gasteiger partial charge < -0.3 is 5.32 Å². The van der Waals surface area contributed by atoms with Crippen LogP contribution in [0.5, 0.6) is 0 Å². The molecular formula is C8H9ClN2S. The van der Waals surface area contributed by atoms with Crippen LogP contribution in [0.4, 0.5) is 0 Å². The predicted octanol–water partition coefficient (Wildman–Crippen LogP) is 2.40. The van der Waals surface area contributed by atoms with E-state index in [9.17, 15) is 0 Å². The highest BCUT2D eigenvalue weighted by Gasteiger charge is 1.95.